The summed E-state index contributed by atoms with van der Waals surface area (Å²) in [6.07, 6.45) is -0.0172. The Hall–Kier alpha value is -4.14. The summed E-state index contributed by atoms with van der Waals surface area (Å²) in [4.78, 5) is 34.6. The molecule has 0 saturated heterocycles. The molecule has 1 heterocycles. The maximum Gasteiger partial charge on any atom is 0.353 e. The van der Waals surface area contributed by atoms with E-state index in [9.17, 15) is 19.5 Å². The average Bonchev–Trinajstić information content (AvgIpc) is 3.25. The number of carbonyl (C=O) groups is 3. The van der Waals surface area contributed by atoms with Gasteiger partial charge in [-0.1, -0.05) is 42.5 Å². The number of benzene rings is 2. The summed E-state index contributed by atoms with van der Waals surface area (Å²) in [6, 6.07) is 15.5. The molecule has 160 valence electrons. The lowest BCUT2D eigenvalue weighted by molar-refractivity contribution is -0.137. The van der Waals surface area contributed by atoms with Crippen molar-refractivity contribution < 1.29 is 29.3 Å². The normalized spacial score (nSPS) is 11.5. The van der Waals surface area contributed by atoms with Crippen LogP contribution in [-0.4, -0.2) is 51.4 Å². The number of hydrogen-bond acceptors (Lipinski definition) is 5. The van der Waals surface area contributed by atoms with E-state index in [1.165, 1.54) is 0 Å². The number of carbonyl (C=O) groups excluding carboxylic acids is 1. The van der Waals surface area contributed by atoms with Crippen LogP contribution in [0, 0.1) is 0 Å². The van der Waals surface area contributed by atoms with E-state index in [2.05, 4.69) is 15.5 Å². The molecule has 3 aromatic rings. The molecule has 3 rings (SSSR count). The summed E-state index contributed by atoms with van der Waals surface area (Å²) >= 11 is 0. The third-order valence-corrected chi connectivity index (χ3v) is 4.65. The Labute approximate surface area is 177 Å². The van der Waals surface area contributed by atoms with Crippen LogP contribution in [0.1, 0.15) is 33.0 Å². The molecule has 0 unspecified atom stereocenters. The molecule has 0 bridgehead atoms. The maximum atomic E-state index is 12.4. The van der Waals surface area contributed by atoms with Gasteiger partial charge >= 0.3 is 11.9 Å². The van der Waals surface area contributed by atoms with Crippen molar-refractivity contribution in [1.82, 2.24) is 15.5 Å². The standard InChI is InChI=1S/C22H21N3O6/c1-31-19-5-3-2-4-16(19)14-8-6-13(7-9-14)10-15(11-20(26)27)23-21(28)17-12-18(22(29)30)25-24-17/h2-9,12,15H,10-11H2,1H3,(H,23,28)(H,24,25)(H,26,27)(H,29,30)/t15-/m1/s1. The highest BCUT2D eigenvalue weighted by atomic mass is 16.5. The Balaban J connectivity index is 1.73. The molecule has 1 amide bonds. The summed E-state index contributed by atoms with van der Waals surface area (Å²) in [7, 11) is 1.60. The SMILES string of the molecule is COc1ccccc1-c1ccc(C[C@H](CC(=O)O)NC(=O)c2cc(C(=O)O)[nH]n2)cc1. The number of aromatic nitrogens is 2. The van der Waals surface area contributed by atoms with Gasteiger partial charge in [-0.2, -0.15) is 5.10 Å². The summed E-state index contributed by atoms with van der Waals surface area (Å²) in [5, 5.41) is 26.7. The lowest BCUT2D eigenvalue weighted by Crippen LogP contribution is -2.38. The van der Waals surface area contributed by atoms with Crippen LogP contribution in [0.5, 0.6) is 5.75 Å². The second kappa shape index (κ2) is 9.57. The fourth-order valence-electron chi connectivity index (χ4n) is 3.18. The molecule has 1 aromatic heterocycles. The van der Waals surface area contributed by atoms with Crippen LogP contribution in [0.2, 0.25) is 0 Å². The number of para-hydroxylation sites is 1. The molecule has 0 aliphatic carbocycles. The summed E-state index contributed by atoms with van der Waals surface area (Å²) in [5.74, 6) is -2.22. The van der Waals surface area contributed by atoms with E-state index in [0.29, 0.717) is 0 Å². The van der Waals surface area contributed by atoms with E-state index >= 15 is 0 Å². The largest absolute Gasteiger partial charge is 0.496 e. The van der Waals surface area contributed by atoms with Gasteiger partial charge in [-0.05, 0) is 23.6 Å². The van der Waals surface area contributed by atoms with Gasteiger partial charge in [-0.3, -0.25) is 14.7 Å². The van der Waals surface area contributed by atoms with Crippen molar-refractivity contribution >= 4 is 17.8 Å². The summed E-state index contributed by atoms with van der Waals surface area (Å²) in [6.45, 7) is 0. The lowest BCUT2D eigenvalue weighted by atomic mass is 9.99. The third-order valence-electron chi connectivity index (χ3n) is 4.65. The molecule has 0 spiro atoms. The zero-order valence-electron chi connectivity index (χ0n) is 16.7. The highest BCUT2D eigenvalue weighted by Crippen LogP contribution is 2.29. The van der Waals surface area contributed by atoms with Crippen LogP contribution in [0.15, 0.2) is 54.6 Å². The van der Waals surface area contributed by atoms with Crippen molar-refractivity contribution in [2.75, 3.05) is 7.11 Å². The van der Waals surface area contributed by atoms with Gasteiger partial charge in [0.25, 0.3) is 5.91 Å². The van der Waals surface area contributed by atoms with Crippen LogP contribution in [0.25, 0.3) is 11.1 Å². The predicted molar refractivity (Wildman–Crippen MR) is 111 cm³/mol. The smallest absolute Gasteiger partial charge is 0.353 e. The van der Waals surface area contributed by atoms with Crippen molar-refractivity contribution in [2.45, 2.75) is 18.9 Å². The Bertz CT molecular complexity index is 1090. The van der Waals surface area contributed by atoms with Crippen molar-refractivity contribution in [1.29, 1.82) is 0 Å². The Kier molecular flexibility index (Phi) is 6.66. The monoisotopic (exact) mass is 423 g/mol. The molecular formula is C22H21N3O6. The number of hydrogen-bond donors (Lipinski definition) is 4. The number of nitrogens with one attached hydrogen (secondary N) is 2. The molecule has 31 heavy (non-hydrogen) atoms. The number of carboxylic acids is 2. The first kappa shape index (κ1) is 21.6. The molecule has 0 aliphatic rings. The Morgan fingerprint density at radius 2 is 1.81 bits per heavy atom. The molecule has 9 nitrogen and oxygen atoms in total. The average molecular weight is 423 g/mol. The fourth-order valence-corrected chi connectivity index (χ4v) is 3.18. The second-order valence-corrected chi connectivity index (χ2v) is 6.84. The second-order valence-electron chi connectivity index (χ2n) is 6.84. The van der Waals surface area contributed by atoms with Crippen LogP contribution in [0.4, 0.5) is 0 Å². The van der Waals surface area contributed by atoms with Crippen LogP contribution < -0.4 is 10.1 Å². The molecule has 1 atom stereocenters. The van der Waals surface area contributed by atoms with Crippen molar-refractivity contribution in [3.8, 4) is 16.9 Å². The zero-order valence-corrected chi connectivity index (χ0v) is 16.7. The Morgan fingerprint density at radius 3 is 2.42 bits per heavy atom. The van der Waals surface area contributed by atoms with Crippen LogP contribution in [0.3, 0.4) is 0 Å². The first-order valence-electron chi connectivity index (χ1n) is 9.41. The number of rotatable bonds is 9. The van der Waals surface area contributed by atoms with Gasteiger partial charge in [-0.15, -0.1) is 0 Å². The van der Waals surface area contributed by atoms with Gasteiger partial charge in [-0.25, -0.2) is 4.79 Å². The van der Waals surface area contributed by atoms with Gasteiger partial charge < -0.3 is 20.3 Å². The predicted octanol–water partition coefficient (Wildman–Crippen LogP) is 2.60. The number of aromatic amines is 1. The quantitative estimate of drug-likeness (QED) is 0.414. The minimum atomic E-state index is -1.25. The topological polar surface area (TPSA) is 142 Å². The molecule has 0 radical (unpaired) electrons. The van der Waals surface area contributed by atoms with Crippen LogP contribution in [-0.2, 0) is 11.2 Å². The number of amides is 1. The highest BCUT2D eigenvalue weighted by Gasteiger charge is 2.20. The van der Waals surface area contributed by atoms with E-state index < -0.39 is 23.9 Å². The minimum absolute atomic E-state index is 0.126. The van der Waals surface area contributed by atoms with Gasteiger partial charge in [0.1, 0.15) is 11.4 Å². The summed E-state index contributed by atoms with van der Waals surface area (Å²) < 4.78 is 5.38. The molecular weight excluding hydrogens is 402 g/mol. The van der Waals surface area contributed by atoms with Crippen molar-refractivity contribution in [2.24, 2.45) is 0 Å². The maximum absolute atomic E-state index is 12.4. The molecule has 4 N–H and O–H groups in total. The van der Waals surface area contributed by atoms with Crippen molar-refractivity contribution in [3.05, 3.63) is 71.5 Å². The number of aliphatic carboxylic acids is 1. The van der Waals surface area contributed by atoms with Crippen LogP contribution >= 0.6 is 0 Å². The fraction of sp³-hybridized carbons (Fsp3) is 0.182. The number of nitrogens with zero attached hydrogens (tertiary/aromatic N) is 1. The van der Waals surface area contributed by atoms with Gasteiger partial charge in [0.05, 0.1) is 13.5 Å². The number of methoxy groups -OCH3 is 1. The zero-order chi connectivity index (χ0) is 22.4. The number of H-pyrrole nitrogens is 1. The molecule has 0 aliphatic heterocycles. The summed E-state index contributed by atoms with van der Waals surface area (Å²) in [5.41, 5.74) is 2.35. The lowest BCUT2D eigenvalue weighted by Gasteiger charge is -2.17. The number of carboxylic acid groups (broad SMARTS) is 2. The van der Waals surface area contributed by atoms with E-state index in [0.717, 1.165) is 28.5 Å². The van der Waals surface area contributed by atoms with E-state index in [4.69, 9.17) is 9.84 Å². The molecule has 9 heteroatoms. The number of ether oxygens (including phenoxy) is 1. The molecule has 0 saturated carbocycles. The molecule has 0 fully saturated rings. The van der Waals surface area contributed by atoms with Gasteiger partial charge in [0.15, 0.2) is 5.69 Å². The highest BCUT2D eigenvalue weighted by molar-refractivity contribution is 5.95. The van der Waals surface area contributed by atoms with E-state index in [1.54, 1.807) is 7.11 Å². The van der Waals surface area contributed by atoms with E-state index in [1.807, 2.05) is 48.5 Å². The molecule has 2 aromatic carbocycles. The number of aromatic carboxylic acids is 1. The Morgan fingerprint density at radius 1 is 1.10 bits per heavy atom. The van der Waals surface area contributed by atoms with Gasteiger partial charge in [0.2, 0.25) is 0 Å². The van der Waals surface area contributed by atoms with Crippen molar-refractivity contribution in [3.63, 3.8) is 0 Å². The first-order valence-corrected chi connectivity index (χ1v) is 9.41. The first-order chi connectivity index (χ1) is 14.9. The van der Waals surface area contributed by atoms with Gasteiger partial charge in [0, 0.05) is 17.7 Å². The third kappa shape index (κ3) is 5.47. The minimum Gasteiger partial charge on any atom is -0.496 e. The van der Waals surface area contributed by atoms with E-state index in [-0.39, 0.29) is 24.2 Å².